The molecule has 0 aliphatic rings. The molecular weight excluding hydrogens is 244 g/mol. The second-order valence-corrected chi connectivity index (χ2v) is 5.15. The molecule has 2 rings (SSSR count). The van der Waals surface area contributed by atoms with Crippen LogP contribution in [0.1, 0.15) is 31.2 Å². The van der Waals surface area contributed by atoms with Gasteiger partial charge in [0.2, 0.25) is 0 Å². The summed E-state index contributed by atoms with van der Waals surface area (Å²) in [7, 11) is 0. The first-order valence-electron chi connectivity index (χ1n) is 6.12. The highest BCUT2D eigenvalue weighted by atomic mass is 32.2. The van der Waals surface area contributed by atoms with Crippen LogP contribution in [-0.4, -0.2) is 11.5 Å². The van der Waals surface area contributed by atoms with Crippen LogP contribution in [0.3, 0.4) is 0 Å². The van der Waals surface area contributed by atoms with Crippen molar-refractivity contribution in [3.63, 3.8) is 0 Å². The third-order valence-electron chi connectivity index (χ3n) is 2.80. The van der Waals surface area contributed by atoms with Gasteiger partial charge in [0.1, 0.15) is 10.8 Å². The van der Waals surface area contributed by atoms with E-state index in [4.69, 9.17) is 4.42 Å². The van der Waals surface area contributed by atoms with Gasteiger partial charge in [-0.3, -0.25) is 0 Å². The Balaban J connectivity index is 2.25. The summed E-state index contributed by atoms with van der Waals surface area (Å²) in [5.74, 6) is 0.938. The third kappa shape index (κ3) is 2.94. The van der Waals surface area contributed by atoms with Gasteiger partial charge in [-0.15, -0.1) is 0 Å². The van der Waals surface area contributed by atoms with Crippen molar-refractivity contribution in [1.29, 1.82) is 0 Å². The van der Waals surface area contributed by atoms with Gasteiger partial charge in [0.15, 0.2) is 0 Å². The molecular formula is C14H18N2OS. The Bertz CT molecular complexity index is 510. The van der Waals surface area contributed by atoms with Gasteiger partial charge in [-0.25, -0.2) is 4.98 Å². The van der Waals surface area contributed by atoms with Crippen molar-refractivity contribution in [2.45, 2.75) is 36.7 Å². The maximum atomic E-state index is 5.32. The number of rotatable bonds is 5. The van der Waals surface area contributed by atoms with E-state index in [1.165, 1.54) is 5.56 Å². The van der Waals surface area contributed by atoms with Crippen LogP contribution in [0.25, 0.3) is 0 Å². The Morgan fingerprint density at radius 2 is 2.28 bits per heavy atom. The lowest BCUT2D eigenvalue weighted by Gasteiger charge is -2.15. The minimum atomic E-state index is 0.304. The van der Waals surface area contributed by atoms with E-state index >= 15 is 0 Å². The van der Waals surface area contributed by atoms with Crippen LogP contribution in [-0.2, 0) is 0 Å². The van der Waals surface area contributed by atoms with E-state index in [-0.39, 0.29) is 0 Å². The smallest absolute Gasteiger partial charge is 0.114 e. The van der Waals surface area contributed by atoms with Crippen LogP contribution >= 0.6 is 11.8 Å². The highest BCUT2D eigenvalue weighted by molar-refractivity contribution is 7.99. The summed E-state index contributed by atoms with van der Waals surface area (Å²) in [6.07, 6.45) is 3.55. The van der Waals surface area contributed by atoms with Crippen LogP contribution in [0.2, 0.25) is 0 Å². The van der Waals surface area contributed by atoms with Gasteiger partial charge in [-0.2, -0.15) is 0 Å². The molecule has 1 N–H and O–H groups in total. The van der Waals surface area contributed by atoms with Gasteiger partial charge in [-0.1, -0.05) is 24.8 Å². The Morgan fingerprint density at radius 3 is 2.94 bits per heavy atom. The summed E-state index contributed by atoms with van der Waals surface area (Å²) in [6.45, 7) is 7.19. The molecule has 2 aromatic rings. The molecule has 4 heteroatoms. The second kappa shape index (κ2) is 6.07. The normalized spacial score (nSPS) is 12.6. The minimum Gasteiger partial charge on any atom is -0.468 e. The summed E-state index contributed by atoms with van der Waals surface area (Å²) in [6, 6.07) is 6.39. The van der Waals surface area contributed by atoms with E-state index in [0.717, 1.165) is 22.2 Å². The average molecular weight is 262 g/mol. The molecule has 0 amide bonds. The fourth-order valence-corrected chi connectivity index (χ4v) is 2.82. The lowest BCUT2D eigenvalue weighted by Crippen LogP contribution is -2.18. The predicted octanol–water partition coefficient (Wildman–Crippen LogP) is 3.80. The van der Waals surface area contributed by atoms with Gasteiger partial charge < -0.3 is 9.73 Å². The van der Waals surface area contributed by atoms with Crippen LogP contribution in [0, 0.1) is 6.92 Å². The van der Waals surface area contributed by atoms with Crippen LogP contribution in [0.4, 0.5) is 0 Å². The number of furan rings is 1. The van der Waals surface area contributed by atoms with Crippen molar-refractivity contribution < 1.29 is 4.42 Å². The molecule has 0 saturated carbocycles. The van der Waals surface area contributed by atoms with Gasteiger partial charge in [0.05, 0.1) is 11.2 Å². The van der Waals surface area contributed by atoms with E-state index in [0.29, 0.717) is 6.04 Å². The van der Waals surface area contributed by atoms with Gasteiger partial charge in [0.25, 0.3) is 0 Å². The summed E-state index contributed by atoms with van der Waals surface area (Å²) < 4.78 is 5.32. The zero-order valence-corrected chi connectivity index (χ0v) is 11.8. The molecule has 1 atom stereocenters. The first-order valence-corrected chi connectivity index (χ1v) is 6.94. The second-order valence-electron chi connectivity index (χ2n) is 4.12. The van der Waals surface area contributed by atoms with E-state index in [1.54, 1.807) is 18.0 Å². The number of nitrogens with zero attached hydrogens (tertiary/aromatic N) is 1. The monoisotopic (exact) mass is 262 g/mol. The highest BCUT2D eigenvalue weighted by Crippen LogP contribution is 2.33. The van der Waals surface area contributed by atoms with Gasteiger partial charge in [0, 0.05) is 17.8 Å². The van der Waals surface area contributed by atoms with Gasteiger partial charge in [-0.05, 0) is 32.5 Å². The largest absolute Gasteiger partial charge is 0.468 e. The molecule has 0 bridgehead atoms. The fourth-order valence-electron chi connectivity index (χ4n) is 1.82. The van der Waals surface area contributed by atoms with Crippen LogP contribution in [0.5, 0.6) is 0 Å². The SMILES string of the molecule is CCNC(C)c1cccnc1Sc1ccoc1C. The molecule has 0 fully saturated rings. The minimum absolute atomic E-state index is 0.304. The quantitative estimate of drug-likeness (QED) is 0.889. The number of aromatic nitrogens is 1. The van der Waals surface area contributed by atoms with Crippen molar-refractivity contribution in [1.82, 2.24) is 10.3 Å². The molecule has 2 heterocycles. The molecule has 1 unspecified atom stereocenters. The maximum Gasteiger partial charge on any atom is 0.114 e. The Hall–Kier alpha value is -1.26. The van der Waals surface area contributed by atoms with E-state index in [1.807, 2.05) is 25.3 Å². The molecule has 18 heavy (non-hydrogen) atoms. The molecule has 0 spiro atoms. The van der Waals surface area contributed by atoms with Crippen molar-refractivity contribution in [2.24, 2.45) is 0 Å². The molecule has 0 aromatic carbocycles. The molecule has 2 aromatic heterocycles. The van der Waals surface area contributed by atoms with Crippen molar-refractivity contribution in [3.8, 4) is 0 Å². The number of hydrogen-bond acceptors (Lipinski definition) is 4. The molecule has 0 saturated heterocycles. The number of nitrogens with one attached hydrogen (secondary N) is 1. The maximum absolute atomic E-state index is 5.32. The highest BCUT2D eigenvalue weighted by Gasteiger charge is 2.13. The van der Waals surface area contributed by atoms with Gasteiger partial charge >= 0.3 is 0 Å². The van der Waals surface area contributed by atoms with Crippen LogP contribution < -0.4 is 5.32 Å². The summed E-state index contributed by atoms with van der Waals surface area (Å²) in [4.78, 5) is 5.60. The Kier molecular flexibility index (Phi) is 4.44. The third-order valence-corrected chi connectivity index (χ3v) is 3.97. The van der Waals surface area contributed by atoms with E-state index in [2.05, 4.69) is 30.2 Å². The van der Waals surface area contributed by atoms with Crippen molar-refractivity contribution in [3.05, 3.63) is 42.0 Å². The zero-order chi connectivity index (χ0) is 13.0. The molecule has 96 valence electrons. The molecule has 0 radical (unpaired) electrons. The lowest BCUT2D eigenvalue weighted by molar-refractivity contribution is 0.526. The van der Waals surface area contributed by atoms with Crippen molar-refractivity contribution in [2.75, 3.05) is 6.54 Å². The number of aryl methyl sites for hydroxylation is 1. The average Bonchev–Trinajstić information content (AvgIpc) is 2.76. The summed E-state index contributed by atoms with van der Waals surface area (Å²) in [5.41, 5.74) is 1.23. The summed E-state index contributed by atoms with van der Waals surface area (Å²) >= 11 is 1.66. The van der Waals surface area contributed by atoms with Crippen molar-refractivity contribution >= 4 is 11.8 Å². The Labute approximate surface area is 112 Å². The fraction of sp³-hybridized carbons (Fsp3) is 0.357. The standard InChI is InChI=1S/C14H18N2OS/c1-4-15-10(2)12-6-5-8-16-14(12)18-13-7-9-17-11(13)3/h5-10,15H,4H2,1-3H3. The first kappa shape index (κ1) is 13.2. The molecule has 0 aliphatic carbocycles. The Morgan fingerprint density at radius 1 is 1.44 bits per heavy atom. The zero-order valence-electron chi connectivity index (χ0n) is 10.9. The molecule has 0 aliphatic heterocycles. The summed E-state index contributed by atoms with van der Waals surface area (Å²) in [5, 5.41) is 4.46. The number of hydrogen-bond donors (Lipinski definition) is 1. The number of pyridine rings is 1. The van der Waals surface area contributed by atoms with E-state index in [9.17, 15) is 0 Å². The topological polar surface area (TPSA) is 38.1 Å². The molecule has 3 nitrogen and oxygen atoms in total. The van der Waals surface area contributed by atoms with E-state index < -0.39 is 0 Å². The first-order chi connectivity index (χ1) is 8.72. The van der Waals surface area contributed by atoms with Crippen LogP contribution in [0.15, 0.2) is 45.0 Å². The lowest BCUT2D eigenvalue weighted by atomic mass is 10.1. The predicted molar refractivity (Wildman–Crippen MR) is 73.9 cm³/mol.